The van der Waals surface area contributed by atoms with Gasteiger partial charge in [0.2, 0.25) is 5.95 Å². The third kappa shape index (κ3) is 4.68. The maximum atomic E-state index is 12.3. The van der Waals surface area contributed by atoms with Crippen molar-refractivity contribution >= 4 is 27.6 Å². The second kappa shape index (κ2) is 7.96. The van der Waals surface area contributed by atoms with Gasteiger partial charge in [-0.15, -0.1) is 0 Å². The molecule has 0 atom stereocenters. The highest BCUT2D eigenvalue weighted by atomic mass is 32.2. The van der Waals surface area contributed by atoms with Crippen molar-refractivity contribution in [1.82, 2.24) is 9.97 Å². The number of aromatic nitrogens is 2. The van der Waals surface area contributed by atoms with Gasteiger partial charge in [0, 0.05) is 23.6 Å². The van der Waals surface area contributed by atoms with Crippen LogP contribution in [0.5, 0.6) is 0 Å². The molecule has 1 heterocycles. The Labute approximate surface area is 157 Å². The Hall–Kier alpha value is -3.26. The summed E-state index contributed by atoms with van der Waals surface area (Å²) in [6, 6.07) is 14.8. The van der Waals surface area contributed by atoms with E-state index in [2.05, 4.69) is 20.0 Å². The molecule has 1 aromatic heterocycles. The molecular formula is C19H18N4O3S. The molecule has 2 N–H and O–H groups in total. The standard InChI is InChI=1S/C19H18N4O3S/c1-2-14-4-6-15(7-5-14)18(24)22-16-8-10-17(11-9-16)27(25,26)23-19-20-12-3-13-21-19/h3-13H,2H2,1H3,(H,22,24)(H,20,21,23). The minimum absolute atomic E-state index is 0.00888. The van der Waals surface area contributed by atoms with Crippen LogP contribution in [0.1, 0.15) is 22.8 Å². The first-order valence-corrected chi connectivity index (χ1v) is 9.76. The van der Waals surface area contributed by atoms with Gasteiger partial charge < -0.3 is 5.32 Å². The zero-order valence-electron chi connectivity index (χ0n) is 14.6. The number of nitrogens with one attached hydrogen (secondary N) is 2. The Morgan fingerprint density at radius 1 is 0.963 bits per heavy atom. The Morgan fingerprint density at radius 2 is 1.59 bits per heavy atom. The molecule has 0 aliphatic rings. The molecule has 2 aromatic carbocycles. The number of rotatable bonds is 6. The van der Waals surface area contributed by atoms with Gasteiger partial charge >= 0.3 is 0 Å². The van der Waals surface area contributed by atoms with E-state index in [4.69, 9.17) is 0 Å². The Balaban J connectivity index is 1.70. The van der Waals surface area contributed by atoms with Crippen LogP contribution in [0.4, 0.5) is 11.6 Å². The van der Waals surface area contributed by atoms with Gasteiger partial charge in [0.15, 0.2) is 0 Å². The molecule has 0 aliphatic carbocycles. The SMILES string of the molecule is CCc1ccc(C(=O)Nc2ccc(S(=O)(=O)Nc3ncccn3)cc2)cc1. The molecule has 0 saturated carbocycles. The molecule has 1 amide bonds. The van der Waals surface area contributed by atoms with Gasteiger partial charge in [0.05, 0.1) is 4.90 Å². The van der Waals surface area contributed by atoms with Crippen LogP contribution in [-0.4, -0.2) is 24.3 Å². The lowest BCUT2D eigenvalue weighted by Gasteiger charge is -2.09. The lowest BCUT2D eigenvalue weighted by atomic mass is 10.1. The van der Waals surface area contributed by atoms with Crippen molar-refractivity contribution in [1.29, 1.82) is 0 Å². The summed E-state index contributed by atoms with van der Waals surface area (Å²) in [6.07, 6.45) is 3.78. The first-order valence-electron chi connectivity index (χ1n) is 8.28. The number of carbonyl (C=O) groups is 1. The molecule has 0 spiro atoms. The molecule has 0 aliphatic heterocycles. The molecule has 7 nitrogen and oxygen atoms in total. The highest BCUT2D eigenvalue weighted by Crippen LogP contribution is 2.17. The van der Waals surface area contributed by atoms with Gasteiger partial charge in [0.25, 0.3) is 15.9 Å². The smallest absolute Gasteiger partial charge is 0.264 e. The summed E-state index contributed by atoms with van der Waals surface area (Å²) < 4.78 is 27.0. The van der Waals surface area contributed by atoms with Crippen LogP contribution < -0.4 is 10.0 Å². The lowest BCUT2D eigenvalue weighted by Crippen LogP contribution is -2.15. The van der Waals surface area contributed by atoms with Crippen molar-refractivity contribution in [2.75, 3.05) is 10.0 Å². The Kier molecular flexibility index (Phi) is 5.46. The van der Waals surface area contributed by atoms with E-state index in [0.717, 1.165) is 12.0 Å². The fraction of sp³-hybridized carbons (Fsp3) is 0.105. The highest BCUT2D eigenvalue weighted by Gasteiger charge is 2.15. The van der Waals surface area contributed by atoms with E-state index in [1.54, 1.807) is 18.2 Å². The van der Waals surface area contributed by atoms with Crippen molar-refractivity contribution < 1.29 is 13.2 Å². The van der Waals surface area contributed by atoms with E-state index < -0.39 is 10.0 Å². The molecule has 138 valence electrons. The van der Waals surface area contributed by atoms with E-state index >= 15 is 0 Å². The van der Waals surface area contributed by atoms with E-state index in [0.29, 0.717) is 11.3 Å². The van der Waals surface area contributed by atoms with Crippen LogP contribution in [0.3, 0.4) is 0 Å². The predicted molar refractivity (Wildman–Crippen MR) is 103 cm³/mol. The number of amides is 1. The average Bonchev–Trinajstić information content (AvgIpc) is 2.69. The van der Waals surface area contributed by atoms with Crippen LogP contribution in [0.15, 0.2) is 71.9 Å². The number of anilines is 2. The van der Waals surface area contributed by atoms with Crippen molar-refractivity contribution in [2.45, 2.75) is 18.2 Å². The molecule has 0 unspecified atom stereocenters. The summed E-state index contributed by atoms with van der Waals surface area (Å²) in [5, 5.41) is 2.75. The molecule has 0 radical (unpaired) electrons. The van der Waals surface area contributed by atoms with Gasteiger partial charge in [-0.3, -0.25) is 4.79 Å². The normalized spacial score (nSPS) is 11.0. The van der Waals surface area contributed by atoms with Gasteiger partial charge in [-0.1, -0.05) is 19.1 Å². The second-order valence-corrected chi connectivity index (χ2v) is 7.39. The van der Waals surface area contributed by atoms with Gasteiger partial charge in [0.1, 0.15) is 0 Å². The van der Waals surface area contributed by atoms with E-state index in [1.807, 2.05) is 19.1 Å². The van der Waals surface area contributed by atoms with Crippen LogP contribution in [0, 0.1) is 0 Å². The molecule has 0 saturated heterocycles. The number of aryl methyl sites for hydroxylation is 1. The average molecular weight is 382 g/mol. The van der Waals surface area contributed by atoms with Crippen LogP contribution in [0.25, 0.3) is 0 Å². The summed E-state index contributed by atoms with van der Waals surface area (Å²) in [5.41, 5.74) is 2.18. The van der Waals surface area contributed by atoms with Crippen molar-refractivity contribution in [3.05, 3.63) is 78.1 Å². The van der Waals surface area contributed by atoms with Crippen molar-refractivity contribution in [3.63, 3.8) is 0 Å². The quantitative estimate of drug-likeness (QED) is 0.682. The van der Waals surface area contributed by atoms with Crippen molar-refractivity contribution in [2.24, 2.45) is 0 Å². The maximum absolute atomic E-state index is 12.3. The van der Waals surface area contributed by atoms with Crippen LogP contribution in [-0.2, 0) is 16.4 Å². The monoisotopic (exact) mass is 382 g/mol. The Morgan fingerprint density at radius 3 is 2.19 bits per heavy atom. The first-order chi connectivity index (χ1) is 13.0. The first kappa shape index (κ1) is 18.5. The minimum atomic E-state index is -3.81. The molecule has 3 aromatic rings. The number of hydrogen-bond acceptors (Lipinski definition) is 5. The summed E-state index contributed by atoms with van der Waals surface area (Å²) in [5.74, 6) is -0.269. The number of nitrogens with zero attached hydrogens (tertiary/aromatic N) is 2. The summed E-state index contributed by atoms with van der Waals surface area (Å²) in [7, 11) is -3.81. The lowest BCUT2D eigenvalue weighted by molar-refractivity contribution is 0.102. The number of sulfonamides is 1. The summed E-state index contributed by atoms with van der Waals surface area (Å²) >= 11 is 0. The van der Waals surface area contributed by atoms with E-state index in [-0.39, 0.29) is 16.8 Å². The molecule has 3 rings (SSSR count). The predicted octanol–water partition coefficient (Wildman–Crippen LogP) is 3.09. The third-order valence-corrected chi connectivity index (χ3v) is 5.18. The fourth-order valence-corrected chi connectivity index (χ4v) is 3.30. The Bertz CT molecular complexity index is 1020. The molecule has 27 heavy (non-hydrogen) atoms. The molecular weight excluding hydrogens is 364 g/mol. The highest BCUT2D eigenvalue weighted by molar-refractivity contribution is 7.92. The molecule has 8 heteroatoms. The van der Waals surface area contributed by atoms with Crippen LogP contribution >= 0.6 is 0 Å². The number of hydrogen-bond donors (Lipinski definition) is 2. The number of carbonyl (C=O) groups excluding carboxylic acids is 1. The largest absolute Gasteiger partial charge is 0.322 e. The van der Waals surface area contributed by atoms with Gasteiger partial charge in [-0.25, -0.2) is 23.1 Å². The second-order valence-electron chi connectivity index (χ2n) is 5.71. The maximum Gasteiger partial charge on any atom is 0.264 e. The zero-order valence-corrected chi connectivity index (χ0v) is 15.4. The minimum Gasteiger partial charge on any atom is -0.322 e. The topological polar surface area (TPSA) is 101 Å². The third-order valence-electron chi connectivity index (χ3n) is 3.84. The fourth-order valence-electron chi connectivity index (χ4n) is 2.34. The van der Waals surface area contributed by atoms with Crippen molar-refractivity contribution in [3.8, 4) is 0 Å². The van der Waals surface area contributed by atoms with Crippen LogP contribution in [0.2, 0.25) is 0 Å². The van der Waals surface area contributed by atoms with E-state index in [9.17, 15) is 13.2 Å². The summed E-state index contributed by atoms with van der Waals surface area (Å²) in [6.45, 7) is 2.05. The molecule has 0 bridgehead atoms. The summed E-state index contributed by atoms with van der Waals surface area (Å²) in [4.78, 5) is 20.0. The zero-order chi connectivity index (χ0) is 19.3. The van der Waals surface area contributed by atoms with Gasteiger partial charge in [-0.05, 0) is 54.4 Å². The number of benzene rings is 2. The van der Waals surface area contributed by atoms with Gasteiger partial charge in [-0.2, -0.15) is 0 Å². The molecule has 0 fully saturated rings. The van der Waals surface area contributed by atoms with E-state index in [1.165, 1.54) is 36.7 Å².